The van der Waals surface area contributed by atoms with Crippen molar-refractivity contribution >= 4 is 17.5 Å². The molecule has 2 aromatic rings. The van der Waals surface area contributed by atoms with Crippen molar-refractivity contribution < 1.29 is 9.47 Å². The summed E-state index contributed by atoms with van der Waals surface area (Å²) in [5.74, 6) is 1.43. The molecule has 0 atom stereocenters. The molecule has 0 unspecified atom stereocenters. The Balaban J connectivity index is 2.05. The highest BCUT2D eigenvalue weighted by atomic mass is 35.5. The lowest BCUT2D eigenvalue weighted by Crippen LogP contribution is -2.10. The third kappa shape index (κ3) is 4.12. The summed E-state index contributed by atoms with van der Waals surface area (Å²) in [6, 6.07) is 5.63. The number of anilines is 1. The van der Waals surface area contributed by atoms with Gasteiger partial charge in [-0.15, -0.1) is 0 Å². The third-order valence-electron chi connectivity index (χ3n) is 3.01. The van der Waals surface area contributed by atoms with Gasteiger partial charge in [-0.25, -0.2) is 4.98 Å². The molecule has 1 aromatic heterocycles. The summed E-state index contributed by atoms with van der Waals surface area (Å²) < 4.78 is 12.5. The van der Waals surface area contributed by atoms with Gasteiger partial charge in [0, 0.05) is 38.2 Å². The Morgan fingerprint density at radius 3 is 3.00 bits per heavy atom. The van der Waals surface area contributed by atoms with Crippen LogP contribution in [0.2, 0.25) is 5.02 Å². The lowest BCUT2D eigenvalue weighted by Gasteiger charge is -2.11. The van der Waals surface area contributed by atoms with Gasteiger partial charge in [0.1, 0.15) is 5.75 Å². The van der Waals surface area contributed by atoms with Gasteiger partial charge in [-0.3, -0.25) is 4.57 Å². The summed E-state index contributed by atoms with van der Waals surface area (Å²) in [7, 11) is 1.60. The molecule has 0 bridgehead atoms. The van der Waals surface area contributed by atoms with E-state index in [1.165, 1.54) is 0 Å². The second kappa shape index (κ2) is 7.90. The Hall–Kier alpha value is -1.72. The topological polar surface area (TPSA) is 48.3 Å². The van der Waals surface area contributed by atoms with E-state index < -0.39 is 0 Å². The molecule has 2 rings (SSSR count). The first-order valence-corrected chi connectivity index (χ1v) is 7.33. The monoisotopic (exact) mass is 309 g/mol. The van der Waals surface area contributed by atoms with Crippen molar-refractivity contribution in [3.63, 3.8) is 0 Å². The van der Waals surface area contributed by atoms with Crippen LogP contribution in [-0.2, 0) is 4.74 Å². The van der Waals surface area contributed by atoms with E-state index in [-0.39, 0.29) is 0 Å². The minimum Gasteiger partial charge on any atom is -0.495 e. The largest absolute Gasteiger partial charge is 0.495 e. The number of hydrogen-bond donors (Lipinski definition) is 1. The third-order valence-corrected chi connectivity index (χ3v) is 3.32. The Morgan fingerprint density at radius 2 is 2.24 bits per heavy atom. The van der Waals surface area contributed by atoms with Gasteiger partial charge in [0.15, 0.2) is 0 Å². The van der Waals surface area contributed by atoms with E-state index in [1.54, 1.807) is 13.3 Å². The van der Waals surface area contributed by atoms with Crippen LogP contribution in [0, 0.1) is 0 Å². The van der Waals surface area contributed by atoms with Crippen LogP contribution in [0.15, 0.2) is 30.6 Å². The van der Waals surface area contributed by atoms with Crippen molar-refractivity contribution in [3.05, 3.63) is 35.6 Å². The number of halogens is 1. The van der Waals surface area contributed by atoms with Crippen molar-refractivity contribution in [2.75, 3.05) is 32.2 Å². The van der Waals surface area contributed by atoms with Gasteiger partial charge >= 0.3 is 0 Å². The second-order valence-electron chi connectivity index (χ2n) is 4.42. The van der Waals surface area contributed by atoms with Crippen LogP contribution in [0.1, 0.15) is 13.3 Å². The Bertz CT molecular complexity index is 572. The SMILES string of the molecule is CCOCCCNc1nccn1-c1ccc(Cl)c(OC)c1. The fourth-order valence-corrected chi connectivity index (χ4v) is 2.15. The van der Waals surface area contributed by atoms with E-state index in [0.29, 0.717) is 10.8 Å². The maximum absolute atomic E-state index is 6.05. The molecule has 1 aromatic carbocycles. The predicted octanol–water partition coefficient (Wildman–Crippen LogP) is 3.37. The fourth-order valence-electron chi connectivity index (χ4n) is 1.96. The first-order chi connectivity index (χ1) is 10.3. The molecule has 1 N–H and O–H groups in total. The van der Waals surface area contributed by atoms with Gasteiger partial charge in [-0.2, -0.15) is 0 Å². The maximum Gasteiger partial charge on any atom is 0.207 e. The smallest absolute Gasteiger partial charge is 0.207 e. The van der Waals surface area contributed by atoms with Crippen LogP contribution in [-0.4, -0.2) is 36.4 Å². The molecule has 5 nitrogen and oxygen atoms in total. The van der Waals surface area contributed by atoms with Crippen LogP contribution in [0.4, 0.5) is 5.95 Å². The van der Waals surface area contributed by atoms with Crippen molar-refractivity contribution in [1.82, 2.24) is 9.55 Å². The lowest BCUT2D eigenvalue weighted by atomic mass is 10.3. The molecule has 0 saturated heterocycles. The molecule has 0 spiro atoms. The number of nitrogens with zero attached hydrogens (tertiary/aromatic N) is 2. The molecule has 0 fully saturated rings. The summed E-state index contributed by atoms with van der Waals surface area (Å²) in [5.41, 5.74) is 0.945. The number of aromatic nitrogens is 2. The summed E-state index contributed by atoms with van der Waals surface area (Å²) in [6.07, 6.45) is 4.59. The number of nitrogens with one attached hydrogen (secondary N) is 1. The number of benzene rings is 1. The molecule has 0 aliphatic rings. The summed E-state index contributed by atoms with van der Waals surface area (Å²) >= 11 is 6.05. The molecule has 0 aliphatic carbocycles. The maximum atomic E-state index is 6.05. The normalized spacial score (nSPS) is 10.6. The summed E-state index contributed by atoms with van der Waals surface area (Å²) in [4.78, 5) is 4.33. The molecule has 6 heteroatoms. The fraction of sp³-hybridized carbons (Fsp3) is 0.400. The van der Waals surface area contributed by atoms with Crippen molar-refractivity contribution in [2.45, 2.75) is 13.3 Å². The van der Waals surface area contributed by atoms with Crippen LogP contribution in [0.5, 0.6) is 5.75 Å². The molecular formula is C15H20ClN3O2. The Kier molecular flexibility index (Phi) is 5.90. The average Bonchev–Trinajstić information content (AvgIpc) is 2.96. The quantitative estimate of drug-likeness (QED) is 0.760. The highest BCUT2D eigenvalue weighted by molar-refractivity contribution is 6.32. The lowest BCUT2D eigenvalue weighted by molar-refractivity contribution is 0.147. The first kappa shape index (κ1) is 15.7. The van der Waals surface area contributed by atoms with E-state index in [0.717, 1.165) is 37.8 Å². The van der Waals surface area contributed by atoms with E-state index in [9.17, 15) is 0 Å². The first-order valence-electron chi connectivity index (χ1n) is 6.95. The van der Waals surface area contributed by atoms with Crippen LogP contribution < -0.4 is 10.1 Å². The average molecular weight is 310 g/mol. The molecule has 0 radical (unpaired) electrons. The van der Waals surface area contributed by atoms with Crippen molar-refractivity contribution in [2.24, 2.45) is 0 Å². The Labute approximate surface area is 129 Å². The number of imidazole rings is 1. The highest BCUT2D eigenvalue weighted by Gasteiger charge is 2.07. The zero-order chi connectivity index (χ0) is 15.1. The zero-order valence-corrected chi connectivity index (χ0v) is 13.1. The van der Waals surface area contributed by atoms with Crippen molar-refractivity contribution in [1.29, 1.82) is 0 Å². The standard InChI is InChI=1S/C15H20ClN3O2/c1-3-21-10-4-7-17-15-18-8-9-19(15)12-5-6-13(16)14(11-12)20-2/h5-6,8-9,11H,3-4,7,10H2,1-2H3,(H,17,18). The van der Waals surface area contributed by atoms with E-state index in [4.69, 9.17) is 21.1 Å². The number of ether oxygens (including phenoxy) is 2. The van der Waals surface area contributed by atoms with Crippen LogP contribution in [0.3, 0.4) is 0 Å². The van der Waals surface area contributed by atoms with Crippen molar-refractivity contribution in [3.8, 4) is 11.4 Å². The van der Waals surface area contributed by atoms with Gasteiger partial charge < -0.3 is 14.8 Å². The van der Waals surface area contributed by atoms with Gasteiger partial charge in [0.25, 0.3) is 0 Å². The van der Waals surface area contributed by atoms with Gasteiger partial charge in [-0.1, -0.05) is 11.6 Å². The van der Waals surface area contributed by atoms with Crippen LogP contribution in [0.25, 0.3) is 5.69 Å². The summed E-state index contributed by atoms with van der Waals surface area (Å²) in [5, 5.41) is 3.89. The molecule has 114 valence electrons. The molecule has 0 saturated carbocycles. The molecule has 1 heterocycles. The van der Waals surface area contributed by atoms with E-state index >= 15 is 0 Å². The number of hydrogen-bond acceptors (Lipinski definition) is 4. The highest BCUT2D eigenvalue weighted by Crippen LogP contribution is 2.27. The molecule has 21 heavy (non-hydrogen) atoms. The molecule has 0 aliphatic heterocycles. The second-order valence-corrected chi connectivity index (χ2v) is 4.82. The van der Waals surface area contributed by atoms with E-state index in [2.05, 4.69) is 10.3 Å². The van der Waals surface area contributed by atoms with Gasteiger partial charge in [0.2, 0.25) is 5.95 Å². The number of rotatable bonds is 8. The van der Waals surface area contributed by atoms with Crippen LogP contribution >= 0.6 is 11.6 Å². The number of methoxy groups -OCH3 is 1. The zero-order valence-electron chi connectivity index (χ0n) is 12.3. The Morgan fingerprint density at radius 1 is 1.38 bits per heavy atom. The molecular weight excluding hydrogens is 290 g/mol. The van der Waals surface area contributed by atoms with E-state index in [1.807, 2.05) is 35.9 Å². The summed E-state index contributed by atoms with van der Waals surface area (Å²) in [6.45, 7) is 4.30. The minimum atomic E-state index is 0.590. The van der Waals surface area contributed by atoms with Gasteiger partial charge in [-0.05, 0) is 25.5 Å². The predicted molar refractivity (Wildman–Crippen MR) is 84.7 cm³/mol. The molecule has 0 amide bonds. The van der Waals surface area contributed by atoms with Gasteiger partial charge in [0.05, 0.1) is 17.8 Å². The minimum absolute atomic E-state index is 0.590.